The first-order valence-corrected chi connectivity index (χ1v) is 13.8. The molecule has 2 N–H and O–H groups in total. The molecule has 4 aromatic rings. The lowest BCUT2D eigenvalue weighted by Gasteiger charge is -2.37. The molecule has 1 saturated heterocycles. The summed E-state index contributed by atoms with van der Waals surface area (Å²) in [6.45, 7) is 7.69. The average Bonchev–Trinajstić information content (AvgIpc) is 3.56. The van der Waals surface area contributed by atoms with Crippen LogP contribution in [0.4, 0.5) is 16.2 Å². The molecule has 0 bridgehead atoms. The maximum Gasteiger partial charge on any atom is 0.224 e. The lowest BCUT2D eigenvalue weighted by Crippen LogP contribution is -2.50. The molecule has 0 spiro atoms. The summed E-state index contributed by atoms with van der Waals surface area (Å²) in [5.74, 6) is 2.50. The Bertz CT molecular complexity index is 1430. The number of pyridine rings is 1. The fourth-order valence-corrected chi connectivity index (χ4v) is 5.63. The molecule has 2 fully saturated rings. The third kappa shape index (κ3) is 5.72. The summed E-state index contributed by atoms with van der Waals surface area (Å²) >= 11 is 0. The Balaban J connectivity index is 1.34. The fraction of sp³-hybridized carbons (Fsp3) is 0.448. The molecule has 2 aliphatic rings. The number of piperazine rings is 1. The van der Waals surface area contributed by atoms with Gasteiger partial charge in [-0.2, -0.15) is 4.98 Å². The number of β-amino-alcohol motifs (C(OH)–C–C–N with tert-alkyl or cyclic N) is 1. The number of fused-ring (bicyclic) bond motifs is 1. The molecule has 0 atom stereocenters. The van der Waals surface area contributed by atoms with Gasteiger partial charge in [0.05, 0.1) is 11.1 Å². The van der Waals surface area contributed by atoms with Crippen molar-refractivity contribution in [1.29, 1.82) is 0 Å². The van der Waals surface area contributed by atoms with Crippen LogP contribution in [0.3, 0.4) is 0 Å². The molecule has 3 aromatic heterocycles. The average molecular weight is 531 g/mol. The van der Waals surface area contributed by atoms with Gasteiger partial charge in [0.15, 0.2) is 5.65 Å². The van der Waals surface area contributed by atoms with Crippen molar-refractivity contribution in [2.45, 2.75) is 51.2 Å². The molecule has 1 aliphatic heterocycles. The quantitative estimate of drug-likeness (QED) is 0.366. The van der Waals surface area contributed by atoms with Gasteiger partial charge in [-0.3, -0.25) is 9.47 Å². The highest BCUT2D eigenvalue weighted by Gasteiger charge is 2.25. The van der Waals surface area contributed by atoms with E-state index in [9.17, 15) is 9.50 Å². The van der Waals surface area contributed by atoms with Crippen LogP contribution in [0.15, 0.2) is 48.7 Å². The lowest BCUT2D eigenvalue weighted by molar-refractivity contribution is 0.0344. The number of aromatic nitrogens is 5. The molecule has 6 rings (SSSR count). The molecule has 9 nitrogen and oxygen atoms in total. The van der Waals surface area contributed by atoms with Crippen molar-refractivity contribution in [3.05, 3.63) is 54.5 Å². The first-order valence-electron chi connectivity index (χ1n) is 13.8. The van der Waals surface area contributed by atoms with E-state index < -0.39 is 5.60 Å². The van der Waals surface area contributed by atoms with Crippen LogP contribution in [-0.4, -0.2) is 78.9 Å². The predicted octanol–water partition coefficient (Wildman–Crippen LogP) is 4.26. The second-order valence-electron chi connectivity index (χ2n) is 11.2. The Morgan fingerprint density at radius 2 is 1.67 bits per heavy atom. The van der Waals surface area contributed by atoms with Crippen LogP contribution >= 0.6 is 0 Å². The second-order valence-corrected chi connectivity index (χ2v) is 11.2. The van der Waals surface area contributed by atoms with E-state index in [0.29, 0.717) is 35.8 Å². The van der Waals surface area contributed by atoms with E-state index in [2.05, 4.69) is 20.1 Å². The van der Waals surface area contributed by atoms with Gasteiger partial charge in [0.2, 0.25) is 5.95 Å². The first kappa shape index (κ1) is 25.6. The lowest BCUT2D eigenvalue weighted by atomic mass is 10.1. The van der Waals surface area contributed by atoms with Gasteiger partial charge in [-0.25, -0.2) is 19.3 Å². The Kier molecular flexibility index (Phi) is 6.90. The Labute approximate surface area is 227 Å². The Morgan fingerprint density at radius 3 is 2.38 bits per heavy atom. The van der Waals surface area contributed by atoms with Crippen molar-refractivity contribution in [2.24, 2.45) is 0 Å². The number of nitrogens with one attached hydrogen (secondary N) is 1. The molecule has 0 radical (unpaired) electrons. The Hall–Kier alpha value is -3.63. The number of anilines is 2. The topological polar surface area (TPSA) is 95.2 Å². The van der Waals surface area contributed by atoms with Crippen molar-refractivity contribution in [3.8, 4) is 17.2 Å². The SMILES string of the molecule is CC(C)(O)CN1CCN(c2ccc3c(n2)nc(-c2ccc(F)cc2)n3-c2ccnc(NC3CCCC3)n2)CC1. The van der Waals surface area contributed by atoms with Crippen molar-refractivity contribution < 1.29 is 9.50 Å². The smallest absolute Gasteiger partial charge is 0.224 e. The highest BCUT2D eigenvalue weighted by atomic mass is 19.1. The molecule has 1 aliphatic carbocycles. The van der Waals surface area contributed by atoms with E-state index in [1.54, 1.807) is 18.3 Å². The van der Waals surface area contributed by atoms with E-state index in [4.69, 9.17) is 15.0 Å². The summed E-state index contributed by atoms with van der Waals surface area (Å²) < 4.78 is 15.7. The molecule has 204 valence electrons. The van der Waals surface area contributed by atoms with Crippen LogP contribution in [0.5, 0.6) is 0 Å². The molecule has 0 unspecified atom stereocenters. The maximum absolute atomic E-state index is 13.8. The minimum atomic E-state index is -0.712. The normalized spacial score (nSPS) is 17.3. The number of rotatable bonds is 7. The summed E-state index contributed by atoms with van der Waals surface area (Å²) in [5, 5.41) is 13.7. The van der Waals surface area contributed by atoms with Crippen molar-refractivity contribution in [1.82, 2.24) is 29.4 Å². The first-order chi connectivity index (χ1) is 18.8. The van der Waals surface area contributed by atoms with Crippen LogP contribution < -0.4 is 10.2 Å². The monoisotopic (exact) mass is 530 g/mol. The number of halogens is 1. The highest BCUT2D eigenvalue weighted by molar-refractivity contribution is 5.81. The standard InChI is InChI=1S/C29H35FN8O/c1-29(2,39)19-36-15-17-37(18-16-36)24-12-11-23-26(33-24)35-27(20-7-9-21(30)10-8-20)38(23)25-13-14-31-28(34-25)32-22-5-3-4-6-22/h7-14,22,39H,3-6,15-19H2,1-2H3,(H,31,32,34). The van der Waals surface area contributed by atoms with Gasteiger partial charge in [0.1, 0.15) is 23.3 Å². The zero-order valence-corrected chi connectivity index (χ0v) is 22.5. The molecule has 39 heavy (non-hydrogen) atoms. The number of benzene rings is 1. The van der Waals surface area contributed by atoms with Gasteiger partial charge in [-0.05, 0) is 69.2 Å². The minimum absolute atomic E-state index is 0.296. The zero-order chi connectivity index (χ0) is 27.0. The zero-order valence-electron chi connectivity index (χ0n) is 22.5. The molecule has 0 amide bonds. The van der Waals surface area contributed by atoms with Gasteiger partial charge >= 0.3 is 0 Å². The summed E-state index contributed by atoms with van der Waals surface area (Å²) in [7, 11) is 0. The minimum Gasteiger partial charge on any atom is -0.389 e. The van der Waals surface area contributed by atoms with E-state index >= 15 is 0 Å². The molecule has 1 aromatic carbocycles. The largest absolute Gasteiger partial charge is 0.389 e. The predicted molar refractivity (Wildman–Crippen MR) is 151 cm³/mol. The van der Waals surface area contributed by atoms with Crippen molar-refractivity contribution in [3.63, 3.8) is 0 Å². The summed E-state index contributed by atoms with van der Waals surface area (Å²) in [4.78, 5) is 23.7. The third-order valence-electron chi connectivity index (χ3n) is 7.47. The molecule has 1 saturated carbocycles. The number of hydrogen-bond donors (Lipinski definition) is 2. The van der Waals surface area contributed by atoms with Crippen molar-refractivity contribution in [2.75, 3.05) is 42.9 Å². The Morgan fingerprint density at radius 1 is 0.923 bits per heavy atom. The summed E-state index contributed by atoms with van der Waals surface area (Å²) in [6, 6.07) is 12.7. The molecule has 10 heteroatoms. The third-order valence-corrected chi connectivity index (χ3v) is 7.47. The number of nitrogens with zero attached hydrogens (tertiary/aromatic N) is 7. The fourth-order valence-electron chi connectivity index (χ4n) is 5.63. The van der Waals surface area contributed by atoms with E-state index in [-0.39, 0.29) is 5.82 Å². The molecule has 4 heterocycles. The van der Waals surface area contributed by atoms with Crippen LogP contribution in [0, 0.1) is 5.82 Å². The van der Waals surface area contributed by atoms with E-state index in [1.165, 1.54) is 25.0 Å². The van der Waals surface area contributed by atoms with Gasteiger partial charge in [-0.1, -0.05) is 12.8 Å². The van der Waals surface area contributed by atoms with Gasteiger partial charge in [-0.15, -0.1) is 0 Å². The van der Waals surface area contributed by atoms with E-state index in [0.717, 1.165) is 55.9 Å². The van der Waals surface area contributed by atoms with Crippen LogP contribution in [0.1, 0.15) is 39.5 Å². The van der Waals surface area contributed by atoms with Gasteiger partial charge < -0.3 is 15.3 Å². The second kappa shape index (κ2) is 10.5. The number of hydrogen-bond acceptors (Lipinski definition) is 8. The molecular formula is C29H35FN8O. The van der Waals surface area contributed by atoms with Crippen LogP contribution in [0.25, 0.3) is 28.4 Å². The number of aliphatic hydroxyl groups is 1. The van der Waals surface area contributed by atoms with Crippen molar-refractivity contribution >= 4 is 22.9 Å². The van der Waals surface area contributed by atoms with Crippen LogP contribution in [0.2, 0.25) is 0 Å². The van der Waals surface area contributed by atoms with Gasteiger partial charge in [0.25, 0.3) is 0 Å². The number of imidazole rings is 1. The molecular weight excluding hydrogens is 495 g/mol. The summed E-state index contributed by atoms with van der Waals surface area (Å²) in [6.07, 6.45) is 6.46. The van der Waals surface area contributed by atoms with E-state index in [1.807, 2.05) is 36.6 Å². The van der Waals surface area contributed by atoms with Crippen LogP contribution in [-0.2, 0) is 0 Å². The highest BCUT2D eigenvalue weighted by Crippen LogP contribution is 2.30. The maximum atomic E-state index is 13.8. The summed E-state index contributed by atoms with van der Waals surface area (Å²) in [5.41, 5.74) is 1.50. The van der Waals surface area contributed by atoms with Gasteiger partial charge in [0, 0.05) is 50.5 Å².